The molecular formula is C36H30N12Na2O16S4. The summed E-state index contributed by atoms with van der Waals surface area (Å²) in [6, 6.07) is 16.4. The number of carboxylic acid groups (broad SMARTS) is 2. The van der Waals surface area contributed by atoms with E-state index in [2.05, 4.69) is 61.8 Å². The molecule has 2 heterocycles. The number of rotatable bonds is 20. The van der Waals surface area contributed by atoms with Crippen LogP contribution in [-0.4, -0.2) is 117 Å². The van der Waals surface area contributed by atoms with Crippen LogP contribution in [0.25, 0.3) is 12.2 Å². The summed E-state index contributed by atoms with van der Waals surface area (Å²) in [5.41, 5.74) is -1.35. The molecule has 6 aromatic rings. The molecule has 0 aliphatic rings. The van der Waals surface area contributed by atoms with Crippen molar-refractivity contribution < 1.29 is 131 Å². The third-order valence-electron chi connectivity index (χ3n) is 8.41. The Morgan fingerprint density at radius 2 is 0.786 bits per heavy atom. The summed E-state index contributed by atoms with van der Waals surface area (Å²) in [6.45, 7) is -1.41. The van der Waals surface area contributed by atoms with Gasteiger partial charge in [-0.1, -0.05) is 48.6 Å². The van der Waals surface area contributed by atoms with Crippen LogP contribution in [-0.2, 0) is 50.1 Å². The quantitative estimate of drug-likeness (QED) is 0.0201. The molecule has 0 bridgehead atoms. The third kappa shape index (κ3) is 15.8. The molecular weight excluding hydrogens is 1030 g/mol. The van der Waals surface area contributed by atoms with Crippen LogP contribution >= 0.6 is 0 Å². The Morgan fingerprint density at radius 3 is 1.10 bits per heavy atom. The van der Waals surface area contributed by atoms with Gasteiger partial charge in [0.15, 0.2) is 0 Å². The van der Waals surface area contributed by atoms with Crippen molar-refractivity contribution in [3.05, 3.63) is 96.1 Å². The number of nitrogens with zero attached hydrogens (tertiary/aromatic N) is 6. The minimum Gasteiger partial charge on any atom is -0.744 e. The molecule has 0 aliphatic heterocycles. The molecule has 0 saturated carbocycles. The van der Waals surface area contributed by atoms with Gasteiger partial charge in [-0.15, -0.1) is 0 Å². The van der Waals surface area contributed by atoms with E-state index in [0.29, 0.717) is 0 Å². The maximum Gasteiger partial charge on any atom is 1.00 e. The molecule has 0 unspecified atom stereocenters. The second-order valence-electron chi connectivity index (χ2n) is 13.3. The van der Waals surface area contributed by atoms with E-state index in [4.69, 9.17) is 10.2 Å². The topological polar surface area (TPSA) is 447 Å². The number of nitrogens with one attached hydrogen (secondary N) is 6. The SMILES string of the molecule is O=C(O)CNc1nc(Nc2ccc(C=Cc3ccc(Nc4nc(NCC(=O)O)nc(Nc5ccccc5S(=O)(=O)O)n4)cc3S(=O)(=O)[O-])c(S(=O)(=O)[O-])c2)nc(Nc2ccccc2S(=O)(=O)O)n1.[Na+].[Na+]. The van der Waals surface area contributed by atoms with Crippen LogP contribution in [0.1, 0.15) is 11.1 Å². The molecule has 70 heavy (non-hydrogen) atoms. The predicted molar refractivity (Wildman–Crippen MR) is 235 cm³/mol. The van der Waals surface area contributed by atoms with Crippen molar-refractivity contribution >= 4 is 123 Å². The number of aliphatic carboxylic acids is 2. The molecule has 0 spiro atoms. The van der Waals surface area contributed by atoms with E-state index in [1.54, 1.807) is 0 Å². The maximum atomic E-state index is 12.5. The van der Waals surface area contributed by atoms with Gasteiger partial charge in [-0.25, -0.2) is 16.8 Å². The van der Waals surface area contributed by atoms with Gasteiger partial charge in [0.25, 0.3) is 20.2 Å². The number of carbonyl (C=O) groups is 2. The summed E-state index contributed by atoms with van der Waals surface area (Å²) in [5, 5.41) is 33.4. The van der Waals surface area contributed by atoms with Gasteiger partial charge in [0.2, 0.25) is 35.7 Å². The van der Waals surface area contributed by atoms with Gasteiger partial charge in [-0.05, 0) is 59.7 Å². The normalized spacial score (nSPS) is 11.7. The van der Waals surface area contributed by atoms with Crippen molar-refractivity contribution in [1.29, 1.82) is 0 Å². The van der Waals surface area contributed by atoms with Gasteiger partial charge in [-0.2, -0.15) is 46.7 Å². The molecule has 0 fully saturated rings. The van der Waals surface area contributed by atoms with Gasteiger partial charge in [0.05, 0.1) is 21.2 Å². The van der Waals surface area contributed by atoms with Crippen LogP contribution in [0.4, 0.5) is 58.4 Å². The molecule has 2 aromatic heterocycles. The smallest absolute Gasteiger partial charge is 0.744 e. The number of hydrogen-bond donors (Lipinski definition) is 10. The summed E-state index contributed by atoms with van der Waals surface area (Å²) < 4.78 is 142. The molecule has 10 N–H and O–H groups in total. The maximum absolute atomic E-state index is 12.5. The number of aromatic nitrogens is 6. The van der Waals surface area contributed by atoms with Crippen molar-refractivity contribution in [2.24, 2.45) is 0 Å². The van der Waals surface area contributed by atoms with Crippen molar-refractivity contribution in [3.8, 4) is 0 Å². The zero-order valence-electron chi connectivity index (χ0n) is 35.7. The van der Waals surface area contributed by atoms with E-state index >= 15 is 0 Å². The first-order valence-electron chi connectivity index (χ1n) is 18.3. The summed E-state index contributed by atoms with van der Waals surface area (Å²) in [4.78, 5) is 43.7. The second kappa shape index (κ2) is 23.3. The number of para-hydroxylation sites is 2. The molecule has 356 valence electrons. The molecule has 34 heteroatoms. The molecule has 6 rings (SSSR count). The summed E-state index contributed by atoms with van der Waals surface area (Å²) in [5.74, 6) is -5.04. The number of benzene rings is 4. The minimum atomic E-state index is -5.33. The van der Waals surface area contributed by atoms with E-state index in [1.807, 2.05) is 0 Å². The minimum absolute atomic E-state index is 0. The van der Waals surface area contributed by atoms with Crippen LogP contribution in [0.3, 0.4) is 0 Å². The Balaban J connectivity index is 0.00000533. The van der Waals surface area contributed by atoms with Crippen LogP contribution in [0.15, 0.2) is 105 Å². The number of anilines is 10. The molecule has 4 aromatic carbocycles. The van der Waals surface area contributed by atoms with Gasteiger partial charge >= 0.3 is 71.1 Å². The van der Waals surface area contributed by atoms with E-state index in [-0.39, 0.29) is 105 Å². The zero-order chi connectivity index (χ0) is 49.6. The Hall–Kier alpha value is -5.98. The average molecular weight is 1060 g/mol. The van der Waals surface area contributed by atoms with Crippen molar-refractivity contribution in [3.63, 3.8) is 0 Å². The number of hydrogen-bond acceptors (Lipinski definition) is 24. The molecule has 0 aliphatic carbocycles. The van der Waals surface area contributed by atoms with Gasteiger partial charge in [0.1, 0.15) is 43.1 Å². The fourth-order valence-electron chi connectivity index (χ4n) is 5.64. The van der Waals surface area contributed by atoms with Gasteiger partial charge < -0.3 is 51.2 Å². The largest absolute Gasteiger partial charge is 1.00 e. The monoisotopic (exact) mass is 1060 g/mol. The van der Waals surface area contributed by atoms with E-state index in [0.717, 1.165) is 48.6 Å². The summed E-state index contributed by atoms with van der Waals surface area (Å²) in [6.07, 6.45) is 2.01. The predicted octanol–water partition coefficient (Wildman–Crippen LogP) is -3.50. The van der Waals surface area contributed by atoms with Crippen LogP contribution < -0.4 is 91.0 Å². The van der Waals surface area contributed by atoms with Crippen molar-refractivity contribution in [2.75, 3.05) is 45.0 Å². The Morgan fingerprint density at radius 1 is 0.471 bits per heavy atom. The van der Waals surface area contributed by atoms with Crippen LogP contribution in [0.5, 0.6) is 0 Å². The first-order chi connectivity index (χ1) is 31.8. The van der Waals surface area contributed by atoms with Crippen LogP contribution in [0, 0.1) is 0 Å². The van der Waals surface area contributed by atoms with Crippen LogP contribution in [0.2, 0.25) is 0 Å². The fraction of sp³-hybridized carbons (Fsp3) is 0.0556. The van der Waals surface area contributed by atoms with Gasteiger partial charge in [0, 0.05) is 11.4 Å². The Labute approximate surface area is 440 Å². The average Bonchev–Trinajstić information content (AvgIpc) is 3.23. The number of carboxylic acids is 2. The van der Waals surface area contributed by atoms with E-state index in [1.165, 1.54) is 48.5 Å². The first-order valence-corrected chi connectivity index (χ1v) is 24.0. The first kappa shape index (κ1) is 56.6. The third-order valence-corrected chi connectivity index (χ3v) is 12.0. The second-order valence-corrected chi connectivity index (χ2v) is 18.8. The fourth-order valence-corrected chi connectivity index (χ4v) is 8.33. The van der Waals surface area contributed by atoms with Gasteiger partial charge in [-0.3, -0.25) is 18.7 Å². The van der Waals surface area contributed by atoms with E-state index in [9.17, 15) is 61.5 Å². The molecule has 28 nitrogen and oxygen atoms in total. The zero-order valence-corrected chi connectivity index (χ0v) is 42.9. The molecule has 0 atom stereocenters. The summed E-state index contributed by atoms with van der Waals surface area (Å²) in [7, 11) is -20.2. The standard InChI is InChI=1S/C36H32N12O16S4.2Na/c49-29(50)17-37-31-43-33(47-35(45-31)41-23-5-1-3-7-25(23)65(53,54)55)39-21-13-11-19(27(15-21)67(59,60)61)9-10-20-12-14-22(16-28(20)68(62,63)64)40-34-44-32(38-18-30(51)52)46-36(48-34)42-24-6-2-4-8-26(24)66(56,57)58;;/h1-16H,17-18H2,(H,49,50)(H,51,52)(H,53,54,55)(H,56,57,58)(H,59,60,61)(H,62,63,64)(H3,37,39,41,43,45,47)(H3,38,40,42,44,46,48);;/q;2*+1/p-2. The van der Waals surface area contributed by atoms with Crippen molar-refractivity contribution in [2.45, 2.75) is 19.6 Å². The Kier molecular flexibility index (Phi) is 18.8. The van der Waals surface area contributed by atoms with E-state index < -0.39 is 109 Å². The molecule has 0 saturated heterocycles. The van der Waals surface area contributed by atoms with Crippen molar-refractivity contribution in [1.82, 2.24) is 29.9 Å². The molecule has 0 radical (unpaired) electrons. The summed E-state index contributed by atoms with van der Waals surface area (Å²) >= 11 is 0. The molecule has 0 amide bonds. The Bertz CT molecular complexity index is 3240.